The van der Waals surface area contributed by atoms with Crippen molar-refractivity contribution >= 4 is 0 Å². The van der Waals surface area contributed by atoms with Gasteiger partial charge in [-0.25, -0.2) is 0 Å². The molecular formula is C13H24N4O. The molecule has 0 radical (unpaired) electrons. The van der Waals surface area contributed by atoms with E-state index < -0.39 is 0 Å². The van der Waals surface area contributed by atoms with Crippen LogP contribution < -0.4 is 5.32 Å². The van der Waals surface area contributed by atoms with E-state index in [-0.39, 0.29) is 0 Å². The fourth-order valence-corrected chi connectivity index (χ4v) is 2.51. The quantitative estimate of drug-likeness (QED) is 0.882. The summed E-state index contributed by atoms with van der Waals surface area (Å²) in [6.07, 6.45) is 1.15. The van der Waals surface area contributed by atoms with E-state index in [9.17, 15) is 0 Å². The second kappa shape index (κ2) is 5.80. The lowest BCUT2D eigenvalue weighted by Gasteiger charge is -2.41. The predicted octanol–water partition coefficient (Wildman–Crippen LogP) is 1.59. The van der Waals surface area contributed by atoms with Gasteiger partial charge in [0, 0.05) is 32.1 Å². The third-order valence-electron chi connectivity index (χ3n) is 3.75. The largest absolute Gasteiger partial charge is 0.340 e. The topological polar surface area (TPSA) is 54.2 Å². The maximum atomic E-state index is 5.05. The Labute approximate surface area is 109 Å². The summed E-state index contributed by atoms with van der Waals surface area (Å²) in [4.78, 5) is 6.78. The van der Waals surface area contributed by atoms with E-state index in [1.807, 2.05) is 6.92 Å². The maximum Gasteiger partial charge on any atom is 0.223 e. The Morgan fingerprint density at radius 1 is 1.50 bits per heavy atom. The van der Waals surface area contributed by atoms with Gasteiger partial charge >= 0.3 is 0 Å². The summed E-state index contributed by atoms with van der Waals surface area (Å²) in [6.45, 7) is 11.5. The molecule has 0 bridgehead atoms. The van der Waals surface area contributed by atoms with Crippen LogP contribution in [0.25, 0.3) is 0 Å². The van der Waals surface area contributed by atoms with Gasteiger partial charge in [0.1, 0.15) is 0 Å². The van der Waals surface area contributed by atoms with Crippen LogP contribution in [0, 0.1) is 12.8 Å². The van der Waals surface area contributed by atoms with Crippen LogP contribution in [0.2, 0.25) is 0 Å². The molecule has 2 heterocycles. The van der Waals surface area contributed by atoms with E-state index in [2.05, 4.69) is 41.1 Å². The first-order valence-electron chi connectivity index (χ1n) is 6.86. The van der Waals surface area contributed by atoms with Gasteiger partial charge in [0.25, 0.3) is 0 Å². The molecular weight excluding hydrogens is 228 g/mol. The first-order chi connectivity index (χ1) is 8.60. The Bertz CT molecular complexity index is 377. The number of rotatable bonds is 4. The van der Waals surface area contributed by atoms with E-state index in [1.54, 1.807) is 0 Å². The minimum atomic E-state index is 0.556. The van der Waals surface area contributed by atoms with Gasteiger partial charge in [0.15, 0.2) is 5.82 Å². The van der Waals surface area contributed by atoms with Gasteiger partial charge in [-0.1, -0.05) is 25.9 Å². The van der Waals surface area contributed by atoms with E-state index in [0.29, 0.717) is 23.9 Å². The lowest BCUT2D eigenvalue weighted by molar-refractivity contribution is 0.0996. The first-order valence-corrected chi connectivity index (χ1v) is 6.86. The van der Waals surface area contributed by atoms with Crippen LogP contribution >= 0.6 is 0 Å². The highest BCUT2D eigenvalue weighted by Crippen LogP contribution is 2.17. The van der Waals surface area contributed by atoms with E-state index in [0.717, 1.165) is 31.9 Å². The Hall–Kier alpha value is -0.940. The molecule has 1 aromatic heterocycles. The third-order valence-corrected chi connectivity index (χ3v) is 3.75. The Morgan fingerprint density at radius 2 is 2.28 bits per heavy atom. The fraction of sp³-hybridized carbons (Fsp3) is 0.846. The van der Waals surface area contributed by atoms with Crippen LogP contribution in [-0.2, 0) is 6.54 Å². The summed E-state index contributed by atoms with van der Waals surface area (Å²) in [7, 11) is 0. The molecule has 0 amide bonds. The highest BCUT2D eigenvalue weighted by Gasteiger charge is 2.29. The highest BCUT2D eigenvalue weighted by atomic mass is 16.5. The molecule has 2 atom stereocenters. The Morgan fingerprint density at radius 3 is 2.83 bits per heavy atom. The molecule has 1 aromatic rings. The molecule has 0 saturated carbocycles. The number of nitrogens with zero attached hydrogens (tertiary/aromatic N) is 3. The minimum Gasteiger partial charge on any atom is -0.340 e. The zero-order valence-corrected chi connectivity index (χ0v) is 11.8. The summed E-state index contributed by atoms with van der Waals surface area (Å²) < 4.78 is 5.05. The fourth-order valence-electron chi connectivity index (χ4n) is 2.51. The second-order valence-electron chi connectivity index (χ2n) is 5.48. The molecule has 5 heteroatoms. The number of hydrogen-bond donors (Lipinski definition) is 1. The van der Waals surface area contributed by atoms with Crippen molar-refractivity contribution in [3.8, 4) is 0 Å². The van der Waals surface area contributed by atoms with Gasteiger partial charge in [0.05, 0.1) is 6.54 Å². The van der Waals surface area contributed by atoms with Crippen molar-refractivity contribution in [2.24, 2.45) is 5.92 Å². The number of aryl methyl sites for hydroxylation is 1. The standard InChI is InChI=1S/C13H24N4O/c1-5-11-6-14-12(9(2)3)7-17(11)8-13-15-10(4)18-16-13/h9,11-12,14H,5-8H2,1-4H3. The van der Waals surface area contributed by atoms with Gasteiger partial charge < -0.3 is 9.84 Å². The van der Waals surface area contributed by atoms with E-state index >= 15 is 0 Å². The minimum absolute atomic E-state index is 0.556. The van der Waals surface area contributed by atoms with Gasteiger partial charge in [0.2, 0.25) is 5.89 Å². The van der Waals surface area contributed by atoms with Crippen molar-refractivity contribution in [2.75, 3.05) is 13.1 Å². The van der Waals surface area contributed by atoms with Gasteiger partial charge in [-0.2, -0.15) is 4.98 Å². The normalized spacial score (nSPS) is 25.8. The molecule has 0 spiro atoms. The molecule has 2 rings (SSSR count). The van der Waals surface area contributed by atoms with Crippen molar-refractivity contribution < 1.29 is 4.52 Å². The van der Waals surface area contributed by atoms with Crippen LogP contribution in [0.1, 0.15) is 38.9 Å². The molecule has 0 aliphatic carbocycles. The zero-order valence-electron chi connectivity index (χ0n) is 11.8. The molecule has 1 aliphatic heterocycles. The molecule has 18 heavy (non-hydrogen) atoms. The van der Waals surface area contributed by atoms with Crippen LogP contribution in [0.4, 0.5) is 0 Å². The monoisotopic (exact) mass is 252 g/mol. The van der Waals surface area contributed by atoms with Gasteiger partial charge in [-0.05, 0) is 12.3 Å². The number of aromatic nitrogens is 2. The lowest BCUT2D eigenvalue weighted by Crippen LogP contribution is -2.57. The van der Waals surface area contributed by atoms with Crippen LogP contribution in [0.15, 0.2) is 4.52 Å². The molecule has 1 N–H and O–H groups in total. The Balaban J connectivity index is 2.02. The van der Waals surface area contributed by atoms with E-state index in [1.165, 1.54) is 0 Å². The van der Waals surface area contributed by atoms with Crippen molar-refractivity contribution in [2.45, 2.75) is 52.7 Å². The Kier molecular flexibility index (Phi) is 4.35. The summed E-state index contributed by atoms with van der Waals surface area (Å²) in [5, 5.41) is 7.63. The summed E-state index contributed by atoms with van der Waals surface area (Å²) in [6, 6.07) is 1.12. The SMILES string of the molecule is CCC1CNC(C(C)C)CN1Cc1noc(C)n1. The molecule has 0 aromatic carbocycles. The second-order valence-corrected chi connectivity index (χ2v) is 5.48. The van der Waals surface area contributed by atoms with Crippen molar-refractivity contribution in [3.63, 3.8) is 0 Å². The van der Waals surface area contributed by atoms with Crippen molar-refractivity contribution in [1.82, 2.24) is 20.4 Å². The molecule has 1 fully saturated rings. The molecule has 2 unspecified atom stereocenters. The summed E-state index contributed by atoms with van der Waals surface area (Å²) in [5.41, 5.74) is 0. The van der Waals surface area contributed by atoms with Crippen molar-refractivity contribution in [1.29, 1.82) is 0 Å². The zero-order chi connectivity index (χ0) is 13.1. The molecule has 1 saturated heterocycles. The third kappa shape index (κ3) is 3.09. The van der Waals surface area contributed by atoms with Gasteiger partial charge in [-0.3, -0.25) is 4.90 Å². The lowest BCUT2D eigenvalue weighted by atomic mass is 9.98. The highest BCUT2D eigenvalue weighted by molar-refractivity contribution is 4.91. The van der Waals surface area contributed by atoms with E-state index in [4.69, 9.17) is 4.52 Å². The van der Waals surface area contributed by atoms with Crippen molar-refractivity contribution in [3.05, 3.63) is 11.7 Å². The van der Waals surface area contributed by atoms with Crippen LogP contribution in [0.5, 0.6) is 0 Å². The average Bonchev–Trinajstić information content (AvgIpc) is 2.74. The molecule has 5 nitrogen and oxygen atoms in total. The maximum absolute atomic E-state index is 5.05. The number of piperazine rings is 1. The first kappa shape index (κ1) is 13.5. The van der Waals surface area contributed by atoms with Crippen LogP contribution in [0.3, 0.4) is 0 Å². The summed E-state index contributed by atoms with van der Waals surface area (Å²) in [5.74, 6) is 2.10. The molecule has 102 valence electrons. The van der Waals surface area contributed by atoms with Crippen LogP contribution in [-0.4, -0.2) is 40.2 Å². The molecule has 1 aliphatic rings. The predicted molar refractivity (Wildman–Crippen MR) is 70.2 cm³/mol. The van der Waals surface area contributed by atoms with Gasteiger partial charge in [-0.15, -0.1) is 0 Å². The summed E-state index contributed by atoms with van der Waals surface area (Å²) >= 11 is 0. The average molecular weight is 252 g/mol. The number of hydrogen-bond acceptors (Lipinski definition) is 5. The number of nitrogens with one attached hydrogen (secondary N) is 1. The smallest absolute Gasteiger partial charge is 0.223 e.